The molecule has 0 aliphatic carbocycles. The first-order chi connectivity index (χ1) is 15.0. The molecule has 1 aromatic rings. The number of hydrogen-bond donors (Lipinski definition) is 3. The summed E-state index contributed by atoms with van der Waals surface area (Å²) in [6, 6.07) is 7.92. The van der Waals surface area contributed by atoms with Crippen molar-refractivity contribution in [3.8, 4) is 0 Å². The highest BCUT2D eigenvalue weighted by molar-refractivity contribution is 5.67. The van der Waals surface area contributed by atoms with E-state index in [9.17, 15) is 9.59 Å². The number of rotatable bonds is 15. The molecule has 0 aliphatic heterocycles. The fraction of sp³-hybridized carbons (Fsp3) is 0.652. The third-order valence-electron chi connectivity index (χ3n) is 4.84. The standard InChI is InChI=1S/C23H40N4O4/c1-4-6-12-25-22(28)30-16-14-27(15-17-31-23(29)26-13-7-5-2)18-21(24)20-10-8-19(3)9-11-20/h8-11,21H,4-7,12-18,24H2,1-3H3,(H,25,28)(H,26,29). The van der Waals surface area contributed by atoms with Crippen LogP contribution in [-0.2, 0) is 9.47 Å². The summed E-state index contributed by atoms with van der Waals surface area (Å²) in [7, 11) is 0. The Morgan fingerprint density at radius 2 is 1.42 bits per heavy atom. The monoisotopic (exact) mass is 436 g/mol. The number of benzene rings is 1. The summed E-state index contributed by atoms with van der Waals surface area (Å²) >= 11 is 0. The summed E-state index contributed by atoms with van der Waals surface area (Å²) < 4.78 is 10.5. The third-order valence-corrected chi connectivity index (χ3v) is 4.84. The van der Waals surface area contributed by atoms with Crippen molar-refractivity contribution < 1.29 is 19.1 Å². The van der Waals surface area contributed by atoms with Gasteiger partial charge in [-0.05, 0) is 25.3 Å². The Morgan fingerprint density at radius 1 is 0.935 bits per heavy atom. The van der Waals surface area contributed by atoms with Gasteiger partial charge in [-0.1, -0.05) is 56.5 Å². The van der Waals surface area contributed by atoms with Gasteiger partial charge < -0.3 is 25.8 Å². The number of nitrogens with zero attached hydrogens (tertiary/aromatic N) is 1. The van der Waals surface area contributed by atoms with Gasteiger partial charge in [0.05, 0.1) is 0 Å². The molecule has 0 fully saturated rings. The average molecular weight is 437 g/mol. The van der Waals surface area contributed by atoms with E-state index in [4.69, 9.17) is 15.2 Å². The van der Waals surface area contributed by atoms with Gasteiger partial charge in [-0.3, -0.25) is 4.90 Å². The Bertz CT molecular complexity index is 597. The summed E-state index contributed by atoms with van der Waals surface area (Å²) in [6.45, 7) is 9.42. The maximum Gasteiger partial charge on any atom is 0.407 e. The van der Waals surface area contributed by atoms with E-state index < -0.39 is 12.2 Å². The second-order valence-corrected chi connectivity index (χ2v) is 7.65. The van der Waals surface area contributed by atoms with Gasteiger partial charge >= 0.3 is 12.2 Å². The summed E-state index contributed by atoms with van der Waals surface area (Å²) in [5.74, 6) is 0. The molecule has 0 saturated heterocycles. The van der Waals surface area contributed by atoms with Gasteiger partial charge in [0.15, 0.2) is 0 Å². The molecular formula is C23H40N4O4. The van der Waals surface area contributed by atoms with E-state index in [1.165, 1.54) is 5.56 Å². The van der Waals surface area contributed by atoms with E-state index in [2.05, 4.69) is 24.5 Å². The molecule has 176 valence electrons. The largest absolute Gasteiger partial charge is 0.448 e. The minimum Gasteiger partial charge on any atom is -0.448 e. The van der Waals surface area contributed by atoms with Crippen molar-refractivity contribution in [3.05, 3.63) is 35.4 Å². The number of hydrogen-bond acceptors (Lipinski definition) is 6. The van der Waals surface area contributed by atoms with Crippen molar-refractivity contribution in [3.63, 3.8) is 0 Å². The second kappa shape index (κ2) is 16.4. The lowest BCUT2D eigenvalue weighted by molar-refractivity contribution is 0.104. The summed E-state index contributed by atoms with van der Waals surface area (Å²) in [5, 5.41) is 5.46. The summed E-state index contributed by atoms with van der Waals surface area (Å²) in [4.78, 5) is 25.5. The predicted molar refractivity (Wildman–Crippen MR) is 123 cm³/mol. The maximum atomic E-state index is 11.7. The van der Waals surface area contributed by atoms with Gasteiger partial charge in [-0.25, -0.2) is 9.59 Å². The van der Waals surface area contributed by atoms with Gasteiger partial charge in [0.1, 0.15) is 13.2 Å². The van der Waals surface area contributed by atoms with Gasteiger partial charge in [-0.2, -0.15) is 0 Å². The smallest absolute Gasteiger partial charge is 0.407 e. The summed E-state index contributed by atoms with van der Waals surface area (Å²) in [5.41, 5.74) is 8.60. The normalized spacial score (nSPS) is 11.8. The van der Waals surface area contributed by atoms with Crippen molar-refractivity contribution >= 4 is 12.2 Å². The van der Waals surface area contributed by atoms with E-state index in [1.54, 1.807) is 0 Å². The number of nitrogens with two attached hydrogens (primary N) is 1. The Morgan fingerprint density at radius 3 is 1.87 bits per heavy atom. The fourth-order valence-corrected chi connectivity index (χ4v) is 2.86. The van der Waals surface area contributed by atoms with Crippen molar-refractivity contribution in [2.24, 2.45) is 5.73 Å². The number of carbonyl (C=O) groups excluding carboxylic acids is 2. The molecule has 1 atom stereocenters. The van der Waals surface area contributed by atoms with Crippen molar-refractivity contribution in [1.82, 2.24) is 15.5 Å². The van der Waals surface area contributed by atoms with Crippen LogP contribution >= 0.6 is 0 Å². The molecule has 0 radical (unpaired) electrons. The zero-order chi connectivity index (χ0) is 22.9. The Balaban J connectivity index is 2.50. The third kappa shape index (κ3) is 12.9. The molecule has 0 bridgehead atoms. The lowest BCUT2D eigenvalue weighted by atomic mass is 10.1. The lowest BCUT2D eigenvalue weighted by Gasteiger charge is -2.25. The zero-order valence-corrected chi connectivity index (χ0v) is 19.3. The lowest BCUT2D eigenvalue weighted by Crippen LogP contribution is -2.39. The Labute approximate surface area is 186 Å². The number of alkyl carbamates (subject to hydrolysis) is 2. The van der Waals surface area contributed by atoms with Crippen LogP contribution in [0.1, 0.15) is 56.7 Å². The molecule has 0 saturated carbocycles. The second-order valence-electron chi connectivity index (χ2n) is 7.65. The van der Waals surface area contributed by atoms with Crippen LogP contribution in [0.5, 0.6) is 0 Å². The van der Waals surface area contributed by atoms with Crippen LogP contribution in [-0.4, -0.2) is 63.0 Å². The first kappa shape index (κ1) is 26.7. The van der Waals surface area contributed by atoms with Crippen molar-refractivity contribution in [1.29, 1.82) is 0 Å². The van der Waals surface area contributed by atoms with Crippen LogP contribution in [0, 0.1) is 6.92 Å². The number of ether oxygens (including phenoxy) is 2. The molecule has 0 aromatic heterocycles. The molecule has 2 amide bonds. The van der Waals surface area contributed by atoms with Gasteiger partial charge in [0, 0.05) is 38.8 Å². The molecule has 8 nitrogen and oxygen atoms in total. The molecule has 4 N–H and O–H groups in total. The Kier molecular flexibility index (Phi) is 14.1. The van der Waals surface area contributed by atoms with Crippen molar-refractivity contribution in [2.75, 3.05) is 45.9 Å². The molecule has 31 heavy (non-hydrogen) atoms. The summed E-state index contributed by atoms with van der Waals surface area (Å²) in [6.07, 6.45) is 3.04. The van der Waals surface area contributed by atoms with E-state index in [0.29, 0.717) is 32.7 Å². The van der Waals surface area contributed by atoms with E-state index in [0.717, 1.165) is 31.2 Å². The molecule has 8 heteroatoms. The molecule has 0 heterocycles. The number of carbonyl (C=O) groups is 2. The quantitative estimate of drug-likeness (QED) is 0.364. The number of aryl methyl sites for hydroxylation is 1. The molecular weight excluding hydrogens is 396 g/mol. The van der Waals surface area contributed by atoms with Crippen LogP contribution in [0.2, 0.25) is 0 Å². The fourth-order valence-electron chi connectivity index (χ4n) is 2.86. The highest BCUT2D eigenvalue weighted by Gasteiger charge is 2.14. The maximum absolute atomic E-state index is 11.7. The van der Waals surface area contributed by atoms with Crippen LogP contribution in [0.4, 0.5) is 9.59 Å². The zero-order valence-electron chi connectivity index (χ0n) is 19.3. The van der Waals surface area contributed by atoms with E-state index >= 15 is 0 Å². The topological polar surface area (TPSA) is 106 Å². The average Bonchev–Trinajstić information content (AvgIpc) is 2.74. The molecule has 0 aliphatic rings. The van der Waals surface area contributed by atoms with Crippen LogP contribution in [0.3, 0.4) is 0 Å². The Hall–Kier alpha value is -2.32. The molecule has 1 rings (SSSR count). The van der Waals surface area contributed by atoms with Crippen LogP contribution in [0.25, 0.3) is 0 Å². The SMILES string of the molecule is CCCCNC(=O)OCCN(CCOC(=O)NCCCC)CC(N)c1ccc(C)cc1. The van der Waals surface area contributed by atoms with Crippen molar-refractivity contribution in [2.45, 2.75) is 52.5 Å². The minimum atomic E-state index is -0.414. The first-order valence-electron chi connectivity index (χ1n) is 11.3. The van der Waals surface area contributed by atoms with Crippen LogP contribution in [0.15, 0.2) is 24.3 Å². The predicted octanol–water partition coefficient (Wildman–Crippen LogP) is 3.35. The molecule has 1 aromatic carbocycles. The minimum absolute atomic E-state index is 0.197. The van der Waals surface area contributed by atoms with Gasteiger partial charge in [0.2, 0.25) is 0 Å². The number of unbranched alkanes of at least 4 members (excludes halogenated alkanes) is 2. The van der Waals surface area contributed by atoms with Gasteiger partial charge in [-0.15, -0.1) is 0 Å². The van der Waals surface area contributed by atoms with Gasteiger partial charge in [0.25, 0.3) is 0 Å². The highest BCUT2D eigenvalue weighted by atomic mass is 16.6. The number of amides is 2. The van der Waals surface area contributed by atoms with E-state index in [-0.39, 0.29) is 19.3 Å². The highest BCUT2D eigenvalue weighted by Crippen LogP contribution is 2.13. The molecule has 1 unspecified atom stereocenters. The first-order valence-corrected chi connectivity index (χ1v) is 11.3. The van der Waals surface area contributed by atoms with Crippen LogP contribution < -0.4 is 16.4 Å². The number of nitrogens with one attached hydrogen (secondary N) is 2. The van der Waals surface area contributed by atoms with E-state index in [1.807, 2.05) is 36.1 Å². The molecule has 0 spiro atoms.